The number of fused-ring (bicyclic) bond motifs is 1. The van der Waals surface area contributed by atoms with Gasteiger partial charge in [0.15, 0.2) is 5.65 Å². The Morgan fingerprint density at radius 3 is 2.61 bits per heavy atom. The van der Waals surface area contributed by atoms with Crippen LogP contribution in [0, 0.1) is 6.92 Å². The van der Waals surface area contributed by atoms with Crippen LogP contribution in [-0.4, -0.2) is 69.0 Å². The van der Waals surface area contributed by atoms with Gasteiger partial charge >= 0.3 is 0 Å². The number of nitrogens with two attached hydrogens (primary N) is 1. The first kappa shape index (κ1) is 17.3. The van der Waals surface area contributed by atoms with E-state index in [2.05, 4.69) is 19.4 Å². The molecule has 2 saturated heterocycles. The molecule has 2 aliphatic rings. The van der Waals surface area contributed by atoms with Crippen molar-refractivity contribution in [3.8, 4) is 11.4 Å². The van der Waals surface area contributed by atoms with Crippen LogP contribution >= 0.6 is 0 Å². The van der Waals surface area contributed by atoms with Gasteiger partial charge in [0.05, 0.1) is 38.3 Å². The monoisotopic (exact) mass is 382 g/mol. The molecule has 2 aliphatic heterocycles. The normalized spacial score (nSPS) is 20.2. The molecule has 28 heavy (non-hydrogen) atoms. The summed E-state index contributed by atoms with van der Waals surface area (Å²) in [4.78, 5) is 25.2. The largest absolute Gasteiger partial charge is 0.382 e. The van der Waals surface area contributed by atoms with Crippen molar-refractivity contribution in [1.29, 1.82) is 0 Å². The molecule has 0 aromatic carbocycles. The Bertz CT molecular complexity index is 991. The molecule has 1 atom stereocenters. The summed E-state index contributed by atoms with van der Waals surface area (Å²) in [7, 11) is 0. The number of nitrogen functional groups attached to an aromatic ring is 1. The first-order chi connectivity index (χ1) is 13.7. The summed E-state index contributed by atoms with van der Waals surface area (Å²) in [5.74, 6) is 1.92. The number of imidazole rings is 1. The van der Waals surface area contributed by atoms with E-state index >= 15 is 0 Å². The highest BCUT2D eigenvalue weighted by Gasteiger charge is 2.27. The molecule has 5 heterocycles. The summed E-state index contributed by atoms with van der Waals surface area (Å²) in [6.07, 6.45) is 4.11. The summed E-state index contributed by atoms with van der Waals surface area (Å²) < 4.78 is 13.3. The van der Waals surface area contributed by atoms with Crippen molar-refractivity contribution in [2.45, 2.75) is 19.4 Å². The molecule has 0 bridgehead atoms. The predicted octanol–water partition coefficient (Wildman–Crippen LogP) is 0.972. The van der Waals surface area contributed by atoms with E-state index in [1.165, 1.54) is 6.20 Å². The molecular formula is C18H22N8O2. The summed E-state index contributed by atoms with van der Waals surface area (Å²) in [6.45, 7) is 6.23. The minimum atomic E-state index is 0.225. The van der Waals surface area contributed by atoms with Gasteiger partial charge in [-0.2, -0.15) is 4.98 Å². The van der Waals surface area contributed by atoms with E-state index in [9.17, 15) is 0 Å². The van der Waals surface area contributed by atoms with Crippen LogP contribution in [0.15, 0.2) is 12.4 Å². The number of nitrogens with zero attached hydrogens (tertiary/aromatic N) is 7. The molecule has 1 unspecified atom stereocenters. The highest BCUT2D eigenvalue weighted by Crippen LogP contribution is 2.31. The Morgan fingerprint density at radius 2 is 1.89 bits per heavy atom. The van der Waals surface area contributed by atoms with Gasteiger partial charge in [-0.1, -0.05) is 0 Å². The van der Waals surface area contributed by atoms with Crippen LogP contribution in [-0.2, 0) is 9.47 Å². The van der Waals surface area contributed by atoms with Crippen LogP contribution in [0.4, 0.5) is 11.8 Å². The van der Waals surface area contributed by atoms with Gasteiger partial charge in [-0.05, 0) is 13.3 Å². The number of hydrogen-bond donors (Lipinski definition) is 1. The maximum absolute atomic E-state index is 5.71. The topological polar surface area (TPSA) is 117 Å². The number of rotatable bonds is 3. The molecule has 2 N–H and O–H groups in total. The third-order valence-electron chi connectivity index (χ3n) is 5.18. The fourth-order valence-electron chi connectivity index (χ4n) is 3.78. The zero-order valence-corrected chi connectivity index (χ0v) is 15.7. The van der Waals surface area contributed by atoms with E-state index < -0.39 is 0 Å². The van der Waals surface area contributed by atoms with E-state index in [0.717, 1.165) is 43.1 Å². The molecule has 0 radical (unpaired) electrons. The van der Waals surface area contributed by atoms with Crippen molar-refractivity contribution in [2.24, 2.45) is 0 Å². The van der Waals surface area contributed by atoms with Crippen molar-refractivity contribution in [1.82, 2.24) is 29.5 Å². The van der Waals surface area contributed by atoms with Gasteiger partial charge in [-0.15, -0.1) is 0 Å². The average Bonchev–Trinajstić information content (AvgIpc) is 3.35. The summed E-state index contributed by atoms with van der Waals surface area (Å²) in [5, 5.41) is 0. The fraction of sp³-hybridized carbons (Fsp3) is 0.500. The van der Waals surface area contributed by atoms with Gasteiger partial charge in [0.1, 0.15) is 28.5 Å². The van der Waals surface area contributed by atoms with Gasteiger partial charge in [0.2, 0.25) is 5.95 Å². The van der Waals surface area contributed by atoms with Gasteiger partial charge in [-0.25, -0.2) is 19.9 Å². The Balaban J connectivity index is 1.71. The highest BCUT2D eigenvalue weighted by molar-refractivity contribution is 5.87. The van der Waals surface area contributed by atoms with Gasteiger partial charge in [0.25, 0.3) is 0 Å². The smallest absolute Gasteiger partial charge is 0.228 e. The lowest BCUT2D eigenvalue weighted by atomic mass is 10.2. The van der Waals surface area contributed by atoms with Crippen molar-refractivity contribution in [3.63, 3.8) is 0 Å². The van der Waals surface area contributed by atoms with E-state index in [4.69, 9.17) is 30.2 Å². The zero-order chi connectivity index (χ0) is 19.1. The molecule has 146 valence electrons. The Labute approximate surface area is 161 Å². The number of anilines is 2. The number of morpholine rings is 1. The van der Waals surface area contributed by atoms with Crippen LogP contribution < -0.4 is 10.6 Å². The van der Waals surface area contributed by atoms with E-state index in [-0.39, 0.29) is 6.04 Å². The van der Waals surface area contributed by atoms with Gasteiger partial charge in [-0.3, -0.25) is 0 Å². The first-order valence-corrected chi connectivity index (χ1v) is 9.45. The maximum Gasteiger partial charge on any atom is 0.228 e. The lowest BCUT2D eigenvalue weighted by Gasteiger charge is -2.27. The Morgan fingerprint density at radius 1 is 1.04 bits per heavy atom. The molecule has 5 rings (SSSR count). The predicted molar refractivity (Wildman–Crippen MR) is 103 cm³/mol. The number of aryl methyl sites for hydroxylation is 1. The third-order valence-corrected chi connectivity index (χ3v) is 5.18. The standard InChI is InChI=1S/C18H22N8O2/c1-11-22-16-15(13-8-21-14(19)9-20-13)23-18(25-3-6-27-7-4-25)24-17(16)26(11)12-2-5-28-10-12/h8-9,12H,2-7,10H2,1H3,(H2,19,21). The number of ether oxygens (including phenoxy) is 2. The van der Waals surface area contributed by atoms with Gasteiger partial charge < -0.3 is 24.7 Å². The molecule has 2 fully saturated rings. The first-order valence-electron chi connectivity index (χ1n) is 9.45. The SMILES string of the molecule is Cc1nc2c(-c3cnc(N)cn3)nc(N3CCOCC3)nc2n1C1CCOC1. The molecule has 10 heteroatoms. The van der Waals surface area contributed by atoms with Crippen LogP contribution in [0.3, 0.4) is 0 Å². The maximum atomic E-state index is 5.71. The summed E-state index contributed by atoms with van der Waals surface area (Å²) in [5.41, 5.74) is 8.53. The third kappa shape index (κ3) is 2.94. The summed E-state index contributed by atoms with van der Waals surface area (Å²) in [6, 6.07) is 0.225. The van der Waals surface area contributed by atoms with Crippen molar-refractivity contribution in [3.05, 3.63) is 18.2 Å². The van der Waals surface area contributed by atoms with E-state index in [0.29, 0.717) is 43.0 Å². The second kappa shape index (κ2) is 6.95. The van der Waals surface area contributed by atoms with E-state index in [1.807, 2.05) is 6.92 Å². The van der Waals surface area contributed by atoms with Crippen LogP contribution in [0.1, 0.15) is 18.3 Å². The average molecular weight is 382 g/mol. The molecule has 0 amide bonds. The molecule has 10 nitrogen and oxygen atoms in total. The van der Waals surface area contributed by atoms with Crippen molar-refractivity contribution < 1.29 is 9.47 Å². The molecular weight excluding hydrogens is 360 g/mol. The number of hydrogen-bond acceptors (Lipinski definition) is 9. The zero-order valence-electron chi connectivity index (χ0n) is 15.7. The lowest BCUT2D eigenvalue weighted by molar-refractivity contribution is 0.122. The van der Waals surface area contributed by atoms with Crippen LogP contribution in [0.2, 0.25) is 0 Å². The molecule has 3 aromatic rings. The Hall–Kier alpha value is -2.85. The Kier molecular flexibility index (Phi) is 4.29. The van der Waals surface area contributed by atoms with Crippen molar-refractivity contribution in [2.75, 3.05) is 50.2 Å². The fourth-order valence-corrected chi connectivity index (χ4v) is 3.78. The minimum Gasteiger partial charge on any atom is -0.382 e. The summed E-state index contributed by atoms with van der Waals surface area (Å²) >= 11 is 0. The highest BCUT2D eigenvalue weighted by atomic mass is 16.5. The van der Waals surface area contributed by atoms with Crippen molar-refractivity contribution >= 4 is 22.9 Å². The van der Waals surface area contributed by atoms with Gasteiger partial charge in [0, 0.05) is 19.7 Å². The number of aromatic nitrogens is 6. The van der Waals surface area contributed by atoms with Crippen LogP contribution in [0.5, 0.6) is 0 Å². The quantitative estimate of drug-likeness (QED) is 0.707. The molecule has 0 spiro atoms. The van der Waals surface area contributed by atoms with Crippen LogP contribution in [0.25, 0.3) is 22.6 Å². The second-order valence-electron chi connectivity index (χ2n) is 7.02. The second-order valence-corrected chi connectivity index (χ2v) is 7.02. The van der Waals surface area contributed by atoms with E-state index in [1.54, 1.807) is 6.20 Å². The minimum absolute atomic E-state index is 0.225. The molecule has 3 aromatic heterocycles. The molecule has 0 saturated carbocycles. The molecule has 0 aliphatic carbocycles. The lowest BCUT2D eigenvalue weighted by Crippen LogP contribution is -2.37.